The van der Waals surface area contributed by atoms with Crippen LogP contribution in [-0.2, 0) is 12.8 Å². The number of anilines is 1. The number of fused-ring (bicyclic) bond motifs is 1. The van der Waals surface area contributed by atoms with E-state index in [1.165, 1.54) is 0 Å². The first kappa shape index (κ1) is 19.6. The van der Waals surface area contributed by atoms with Gasteiger partial charge in [-0.05, 0) is 36.6 Å². The largest absolute Gasteiger partial charge is 0.497 e. The third-order valence-electron chi connectivity index (χ3n) is 4.81. The molecule has 154 valence electrons. The highest BCUT2D eigenvalue weighted by atomic mass is 16.5. The van der Waals surface area contributed by atoms with E-state index in [0.717, 1.165) is 58.0 Å². The summed E-state index contributed by atoms with van der Waals surface area (Å²) in [4.78, 5) is 23.2. The molecule has 0 fully saturated rings. The first-order chi connectivity index (χ1) is 14.6. The van der Waals surface area contributed by atoms with Crippen LogP contribution in [0.5, 0.6) is 11.5 Å². The van der Waals surface area contributed by atoms with Gasteiger partial charge < -0.3 is 19.4 Å². The van der Waals surface area contributed by atoms with Crippen LogP contribution in [0, 0.1) is 0 Å². The second-order valence-electron chi connectivity index (χ2n) is 7.17. The van der Waals surface area contributed by atoms with Crippen LogP contribution in [0.15, 0.2) is 42.9 Å². The number of nitrogens with zero attached hydrogens (tertiary/aromatic N) is 5. The van der Waals surface area contributed by atoms with Gasteiger partial charge in [0.25, 0.3) is 0 Å². The number of nitrogens with one attached hydrogen (secondary N) is 1. The van der Waals surface area contributed by atoms with Crippen LogP contribution in [0.4, 0.5) is 5.95 Å². The van der Waals surface area contributed by atoms with Crippen LogP contribution >= 0.6 is 0 Å². The van der Waals surface area contributed by atoms with Crippen molar-refractivity contribution in [2.45, 2.75) is 12.8 Å². The number of methoxy groups -OCH3 is 2. The Kier molecular flexibility index (Phi) is 5.47. The Morgan fingerprint density at radius 2 is 1.57 bits per heavy atom. The minimum absolute atomic E-state index is 0.669. The summed E-state index contributed by atoms with van der Waals surface area (Å²) in [6.07, 6.45) is 6.98. The van der Waals surface area contributed by atoms with E-state index in [1.807, 2.05) is 49.5 Å². The molecule has 4 rings (SSSR count). The lowest BCUT2D eigenvalue weighted by Crippen LogP contribution is -2.12. The number of aryl methyl sites for hydroxylation is 2. The third-order valence-corrected chi connectivity index (χ3v) is 4.81. The van der Waals surface area contributed by atoms with E-state index in [9.17, 15) is 0 Å². The Hall–Kier alpha value is -3.68. The number of hydrogen-bond acceptors (Lipinski definition) is 7. The molecular weight excluding hydrogens is 380 g/mol. The van der Waals surface area contributed by atoms with Crippen LogP contribution in [0.3, 0.4) is 0 Å². The van der Waals surface area contributed by atoms with Crippen molar-refractivity contribution in [3.05, 3.63) is 54.1 Å². The van der Waals surface area contributed by atoms with E-state index in [1.54, 1.807) is 26.6 Å². The predicted octanol–water partition coefficient (Wildman–Crippen LogP) is 3.28. The van der Waals surface area contributed by atoms with E-state index in [-0.39, 0.29) is 0 Å². The number of aromatic nitrogens is 5. The Labute approximate surface area is 174 Å². The fraction of sp³-hybridized carbons (Fsp3) is 0.273. The van der Waals surface area contributed by atoms with Crippen molar-refractivity contribution in [2.24, 2.45) is 0 Å². The number of rotatable bonds is 7. The van der Waals surface area contributed by atoms with E-state index < -0.39 is 0 Å². The molecule has 4 aromatic rings. The second kappa shape index (κ2) is 8.36. The van der Waals surface area contributed by atoms with Crippen LogP contribution in [0.2, 0.25) is 0 Å². The summed E-state index contributed by atoms with van der Waals surface area (Å²) in [7, 11) is 7.13. The molecule has 0 saturated heterocycles. The molecule has 0 radical (unpaired) electrons. The van der Waals surface area contributed by atoms with E-state index >= 15 is 0 Å². The lowest BCUT2D eigenvalue weighted by Gasteiger charge is -2.09. The van der Waals surface area contributed by atoms with Gasteiger partial charge in [-0.25, -0.2) is 19.9 Å². The standard InChI is InChI=1S/C22H24N6O2/c1-28(2)22-24-11-15(12-25-22)19-10-20-21(27-19)23-13-16(26-20)6-5-14-7-17(29-3)9-18(8-14)30-4/h7-13H,5-6H2,1-4H3,(H,23,27). The Morgan fingerprint density at radius 3 is 2.20 bits per heavy atom. The highest BCUT2D eigenvalue weighted by Crippen LogP contribution is 2.24. The number of H-pyrrole nitrogens is 1. The van der Waals surface area contributed by atoms with Gasteiger partial charge in [-0.3, -0.25) is 0 Å². The topological polar surface area (TPSA) is 89.1 Å². The zero-order valence-electron chi connectivity index (χ0n) is 17.5. The molecule has 0 unspecified atom stereocenters. The fourth-order valence-corrected chi connectivity index (χ4v) is 3.19. The average molecular weight is 404 g/mol. The molecule has 0 aliphatic carbocycles. The van der Waals surface area contributed by atoms with Gasteiger partial charge in [0.15, 0.2) is 5.65 Å². The van der Waals surface area contributed by atoms with Crippen molar-refractivity contribution in [3.8, 4) is 22.8 Å². The van der Waals surface area contributed by atoms with Crippen molar-refractivity contribution in [3.63, 3.8) is 0 Å². The molecule has 0 aliphatic heterocycles. The number of aromatic amines is 1. The van der Waals surface area contributed by atoms with Gasteiger partial charge in [0.05, 0.1) is 31.8 Å². The number of benzene rings is 1. The van der Waals surface area contributed by atoms with Gasteiger partial charge >= 0.3 is 0 Å². The highest BCUT2D eigenvalue weighted by Gasteiger charge is 2.09. The fourth-order valence-electron chi connectivity index (χ4n) is 3.19. The molecule has 1 aromatic carbocycles. The Bertz CT molecular complexity index is 1130. The monoisotopic (exact) mass is 404 g/mol. The first-order valence-corrected chi connectivity index (χ1v) is 9.62. The molecule has 0 spiro atoms. The number of hydrogen-bond donors (Lipinski definition) is 1. The van der Waals surface area contributed by atoms with Gasteiger partial charge in [0, 0.05) is 38.1 Å². The molecule has 0 atom stereocenters. The molecule has 30 heavy (non-hydrogen) atoms. The molecule has 0 amide bonds. The lowest BCUT2D eigenvalue weighted by atomic mass is 10.1. The second-order valence-corrected chi connectivity index (χ2v) is 7.17. The predicted molar refractivity (Wildman–Crippen MR) is 116 cm³/mol. The van der Waals surface area contributed by atoms with Crippen molar-refractivity contribution in [2.75, 3.05) is 33.2 Å². The molecular formula is C22H24N6O2. The average Bonchev–Trinajstić information content (AvgIpc) is 3.21. The van der Waals surface area contributed by atoms with Crippen LogP contribution in [0.1, 0.15) is 11.3 Å². The summed E-state index contributed by atoms with van der Waals surface area (Å²) in [5.74, 6) is 2.23. The summed E-state index contributed by atoms with van der Waals surface area (Å²) in [6, 6.07) is 7.88. The summed E-state index contributed by atoms with van der Waals surface area (Å²) >= 11 is 0. The number of ether oxygens (including phenoxy) is 2. The van der Waals surface area contributed by atoms with E-state index in [0.29, 0.717) is 5.95 Å². The van der Waals surface area contributed by atoms with Crippen molar-refractivity contribution < 1.29 is 9.47 Å². The highest BCUT2D eigenvalue weighted by molar-refractivity contribution is 5.79. The molecule has 3 aromatic heterocycles. The molecule has 8 heteroatoms. The van der Waals surface area contributed by atoms with Crippen LogP contribution in [0.25, 0.3) is 22.4 Å². The molecule has 0 aliphatic rings. The first-order valence-electron chi connectivity index (χ1n) is 9.62. The summed E-state index contributed by atoms with van der Waals surface area (Å²) in [6.45, 7) is 0. The summed E-state index contributed by atoms with van der Waals surface area (Å²) in [5.41, 5.74) is 5.40. The van der Waals surface area contributed by atoms with Crippen LogP contribution in [-0.4, -0.2) is 53.2 Å². The van der Waals surface area contributed by atoms with Crippen molar-refractivity contribution >= 4 is 17.1 Å². The van der Waals surface area contributed by atoms with Crippen molar-refractivity contribution in [1.82, 2.24) is 24.9 Å². The zero-order valence-corrected chi connectivity index (χ0v) is 17.5. The summed E-state index contributed by atoms with van der Waals surface area (Å²) < 4.78 is 10.7. The Morgan fingerprint density at radius 1 is 0.867 bits per heavy atom. The molecule has 3 heterocycles. The van der Waals surface area contributed by atoms with Gasteiger partial charge in [0.1, 0.15) is 17.0 Å². The zero-order chi connectivity index (χ0) is 21.1. The maximum atomic E-state index is 5.35. The minimum atomic E-state index is 0.669. The minimum Gasteiger partial charge on any atom is -0.497 e. The third kappa shape index (κ3) is 4.17. The maximum absolute atomic E-state index is 5.35. The quantitative estimate of drug-likeness (QED) is 0.506. The SMILES string of the molecule is COc1cc(CCc2cnc3[nH]c(-c4cnc(N(C)C)nc4)cc3n2)cc(OC)c1. The van der Waals surface area contributed by atoms with E-state index in [4.69, 9.17) is 14.5 Å². The lowest BCUT2D eigenvalue weighted by molar-refractivity contribution is 0.393. The van der Waals surface area contributed by atoms with Gasteiger partial charge in [0.2, 0.25) is 5.95 Å². The van der Waals surface area contributed by atoms with Gasteiger partial charge in [-0.15, -0.1) is 0 Å². The van der Waals surface area contributed by atoms with Crippen LogP contribution < -0.4 is 14.4 Å². The molecule has 0 bridgehead atoms. The molecule has 8 nitrogen and oxygen atoms in total. The smallest absolute Gasteiger partial charge is 0.224 e. The molecule has 0 saturated carbocycles. The van der Waals surface area contributed by atoms with Gasteiger partial charge in [-0.2, -0.15) is 0 Å². The van der Waals surface area contributed by atoms with Gasteiger partial charge in [-0.1, -0.05) is 0 Å². The van der Waals surface area contributed by atoms with Crippen molar-refractivity contribution in [1.29, 1.82) is 0 Å². The van der Waals surface area contributed by atoms with E-state index in [2.05, 4.69) is 19.9 Å². The molecule has 1 N–H and O–H groups in total. The maximum Gasteiger partial charge on any atom is 0.224 e. The summed E-state index contributed by atoms with van der Waals surface area (Å²) in [5, 5.41) is 0. The normalized spacial score (nSPS) is 10.9. The Balaban J connectivity index is 1.53.